The molecule has 0 aromatic carbocycles. The van der Waals surface area contributed by atoms with E-state index in [-0.39, 0.29) is 12.5 Å². The molecule has 0 saturated heterocycles. The molecule has 0 bridgehead atoms. The standard InChI is InChI=1S/C14H18N2O3S/c1-9(2)6-10(17)7-15-13(18)11-8-20-14(16-11)12-4-3-5-19-12/h3-5,8-10,17H,6-7H2,1-2H3,(H,15,18). The number of carbonyl (C=O) groups is 1. The Hall–Kier alpha value is -1.66. The van der Waals surface area contributed by atoms with Crippen LogP contribution >= 0.6 is 11.3 Å². The van der Waals surface area contributed by atoms with E-state index in [1.54, 1.807) is 23.8 Å². The average Bonchev–Trinajstić information content (AvgIpc) is 3.04. The first kappa shape index (κ1) is 14.7. The average molecular weight is 294 g/mol. The number of aliphatic hydroxyl groups is 1. The number of aliphatic hydroxyl groups excluding tert-OH is 1. The number of hydrogen-bond donors (Lipinski definition) is 2. The quantitative estimate of drug-likeness (QED) is 0.858. The highest BCUT2D eigenvalue weighted by molar-refractivity contribution is 7.13. The minimum absolute atomic E-state index is 0.241. The maximum atomic E-state index is 11.9. The second-order valence-electron chi connectivity index (χ2n) is 5.01. The fraction of sp³-hybridized carbons (Fsp3) is 0.429. The Morgan fingerprint density at radius 3 is 3.00 bits per heavy atom. The first-order valence-corrected chi connectivity index (χ1v) is 7.40. The fourth-order valence-corrected chi connectivity index (χ4v) is 2.59. The molecule has 2 rings (SSSR count). The number of thiazole rings is 1. The molecule has 0 aliphatic carbocycles. The molecule has 0 aliphatic rings. The van der Waals surface area contributed by atoms with Crippen LogP contribution < -0.4 is 5.32 Å². The molecule has 20 heavy (non-hydrogen) atoms. The zero-order valence-corrected chi connectivity index (χ0v) is 12.3. The van der Waals surface area contributed by atoms with Gasteiger partial charge in [-0.2, -0.15) is 0 Å². The van der Waals surface area contributed by atoms with Crippen molar-refractivity contribution in [3.8, 4) is 10.8 Å². The molecule has 1 amide bonds. The Morgan fingerprint density at radius 2 is 2.35 bits per heavy atom. The zero-order valence-electron chi connectivity index (χ0n) is 11.5. The molecule has 2 aromatic heterocycles. The van der Waals surface area contributed by atoms with Crippen LogP contribution in [-0.4, -0.2) is 28.6 Å². The van der Waals surface area contributed by atoms with Crippen molar-refractivity contribution < 1.29 is 14.3 Å². The summed E-state index contributed by atoms with van der Waals surface area (Å²) < 4.78 is 5.23. The summed E-state index contributed by atoms with van der Waals surface area (Å²) in [5, 5.41) is 14.8. The third kappa shape index (κ3) is 3.91. The zero-order chi connectivity index (χ0) is 14.5. The number of amides is 1. The van der Waals surface area contributed by atoms with Gasteiger partial charge in [-0.1, -0.05) is 13.8 Å². The number of hydrogen-bond acceptors (Lipinski definition) is 5. The third-order valence-electron chi connectivity index (χ3n) is 2.71. The van der Waals surface area contributed by atoms with Crippen LogP contribution in [0.4, 0.5) is 0 Å². The van der Waals surface area contributed by atoms with Gasteiger partial charge in [-0.15, -0.1) is 11.3 Å². The summed E-state index contributed by atoms with van der Waals surface area (Å²) in [7, 11) is 0. The number of furan rings is 1. The van der Waals surface area contributed by atoms with E-state index in [1.807, 2.05) is 13.8 Å². The predicted octanol–water partition coefficient (Wildman–Crippen LogP) is 2.54. The maximum absolute atomic E-state index is 11.9. The Morgan fingerprint density at radius 1 is 1.55 bits per heavy atom. The van der Waals surface area contributed by atoms with E-state index in [0.29, 0.717) is 28.8 Å². The summed E-state index contributed by atoms with van der Waals surface area (Å²) in [5.74, 6) is 0.766. The van der Waals surface area contributed by atoms with E-state index >= 15 is 0 Å². The highest BCUT2D eigenvalue weighted by Gasteiger charge is 2.14. The highest BCUT2D eigenvalue weighted by atomic mass is 32.1. The molecule has 108 valence electrons. The molecule has 2 heterocycles. The van der Waals surface area contributed by atoms with Crippen molar-refractivity contribution in [3.05, 3.63) is 29.5 Å². The maximum Gasteiger partial charge on any atom is 0.270 e. The van der Waals surface area contributed by atoms with E-state index in [4.69, 9.17) is 4.42 Å². The van der Waals surface area contributed by atoms with Crippen molar-refractivity contribution in [1.29, 1.82) is 0 Å². The van der Waals surface area contributed by atoms with Crippen LogP contribution in [0, 0.1) is 5.92 Å². The van der Waals surface area contributed by atoms with Crippen LogP contribution in [0.1, 0.15) is 30.8 Å². The van der Waals surface area contributed by atoms with E-state index < -0.39 is 6.10 Å². The highest BCUT2D eigenvalue weighted by Crippen LogP contribution is 2.23. The van der Waals surface area contributed by atoms with Gasteiger partial charge < -0.3 is 14.8 Å². The van der Waals surface area contributed by atoms with Crippen molar-refractivity contribution in [3.63, 3.8) is 0 Å². The summed E-state index contributed by atoms with van der Waals surface area (Å²) in [4.78, 5) is 16.1. The van der Waals surface area contributed by atoms with Gasteiger partial charge in [0, 0.05) is 11.9 Å². The van der Waals surface area contributed by atoms with E-state index in [0.717, 1.165) is 0 Å². The smallest absolute Gasteiger partial charge is 0.270 e. The molecule has 1 atom stereocenters. The predicted molar refractivity (Wildman–Crippen MR) is 77.6 cm³/mol. The molecule has 0 saturated carbocycles. The molecule has 5 nitrogen and oxygen atoms in total. The Labute approximate surface area is 121 Å². The fourth-order valence-electron chi connectivity index (χ4n) is 1.82. The molecule has 0 fully saturated rings. The molecule has 0 spiro atoms. The van der Waals surface area contributed by atoms with Gasteiger partial charge in [-0.05, 0) is 24.5 Å². The number of carbonyl (C=O) groups excluding carboxylic acids is 1. The number of aromatic nitrogens is 1. The van der Waals surface area contributed by atoms with Crippen LogP contribution in [0.15, 0.2) is 28.2 Å². The summed E-state index contributed by atoms with van der Waals surface area (Å²) in [6.45, 7) is 4.30. The molecule has 6 heteroatoms. The van der Waals surface area contributed by atoms with Crippen LogP contribution in [0.25, 0.3) is 10.8 Å². The summed E-state index contributed by atoms with van der Waals surface area (Å²) in [6, 6.07) is 3.58. The second-order valence-corrected chi connectivity index (χ2v) is 5.87. The third-order valence-corrected chi connectivity index (χ3v) is 3.57. The lowest BCUT2D eigenvalue weighted by atomic mass is 10.1. The van der Waals surface area contributed by atoms with Gasteiger partial charge in [0.1, 0.15) is 5.69 Å². The van der Waals surface area contributed by atoms with Crippen LogP contribution in [0.3, 0.4) is 0 Å². The molecule has 2 N–H and O–H groups in total. The number of nitrogens with one attached hydrogen (secondary N) is 1. The van der Waals surface area contributed by atoms with Gasteiger partial charge in [0.05, 0.1) is 12.4 Å². The number of nitrogens with zero attached hydrogens (tertiary/aromatic N) is 1. The van der Waals surface area contributed by atoms with E-state index in [9.17, 15) is 9.90 Å². The minimum atomic E-state index is -0.526. The van der Waals surface area contributed by atoms with Gasteiger partial charge in [0.15, 0.2) is 10.8 Å². The largest absolute Gasteiger partial charge is 0.462 e. The summed E-state index contributed by atoms with van der Waals surface area (Å²) >= 11 is 1.35. The normalized spacial score (nSPS) is 12.6. The molecule has 1 unspecified atom stereocenters. The Balaban J connectivity index is 1.90. The van der Waals surface area contributed by atoms with E-state index in [2.05, 4.69) is 10.3 Å². The molecule has 0 radical (unpaired) electrons. The first-order valence-electron chi connectivity index (χ1n) is 6.52. The Bertz CT molecular complexity index is 549. The molecular formula is C14H18N2O3S. The summed E-state index contributed by atoms with van der Waals surface area (Å²) in [5.41, 5.74) is 0.346. The van der Waals surface area contributed by atoms with Crippen LogP contribution in [-0.2, 0) is 0 Å². The van der Waals surface area contributed by atoms with Gasteiger partial charge in [-0.25, -0.2) is 4.98 Å². The number of rotatable bonds is 6. The van der Waals surface area contributed by atoms with Crippen molar-refractivity contribution in [1.82, 2.24) is 10.3 Å². The first-order chi connectivity index (χ1) is 9.56. The monoisotopic (exact) mass is 294 g/mol. The van der Waals surface area contributed by atoms with Gasteiger partial charge in [0.2, 0.25) is 0 Å². The van der Waals surface area contributed by atoms with Gasteiger partial charge in [-0.3, -0.25) is 4.79 Å². The SMILES string of the molecule is CC(C)CC(O)CNC(=O)c1csc(-c2ccco2)n1. The molecular weight excluding hydrogens is 276 g/mol. The van der Waals surface area contributed by atoms with Crippen molar-refractivity contribution in [2.75, 3.05) is 6.54 Å². The van der Waals surface area contributed by atoms with Gasteiger partial charge in [0.25, 0.3) is 5.91 Å². The molecule has 0 aliphatic heterocycles. The summed E-state index contributed by atoms with van der Waals surface area (Å²) in [6.07, 6.45) is 1.70. The lowest BCUT2D eigenvalue weighted by Crippen LogP contribution is -2.32. The van der Waals surface area contributed by atoms with E-state index in [1.165, 1.54) is 11.3 Å². The van der Waals surface area contributed by atoms with Crippen molar-refractivity contribution in [2.24, 2.45) is 5.92 Å². The van der Waals surface area contributed by atoms with Crippen LogP contribution in [0.2, 0.25) is 0 Å². The lowest BCUT2D eigenvalue weighted by Gasteiger charge is -2.13. The van der Waals surface area contributed by atoms with Gasteiger partial charge >= 0.3 is 0 Å². The second kappa shape index (κ2) is 6.67. The topological polar surface area (TPSA) is 75.4 Å². The van der Waals surface area contributed by atoms with Crippen molar-refractivity contribution in [2.45, 2.75) is 26.4 Å². The Kier molecular flexibility index (Phi) is 4.92. The molecule has 2 aromatic rings. The van der Waals surface area contributed by atoms with Crippen LogP contribution in [0.5, 0.6) is 0 Å². The minimum Gasteiger partial charge on any atom is -0.462 e. The lowest BCUT2D eigenvalue weighted by molar-refractivity contribution is 0.0896. The van der Waals surface area contributed by atoms with Crippen molar-refractivity contribution >= 4 is 17.2 Å².